The number of hydrogen-bond acceptors (Lipinski definition) is 4. The second kappa shape index (κ2) is 3.94. The molecule has 2 heterocycles. The van der Waals surface area contributed by atoms with Crippen LogP contribution in [0.5, 0.6) is 0 Å². The maximum Gasteiger partial charge on any atom is 0.332 e. The molecule has 0 saturated heterocycles. The summed E-state index contributed by atoms with van der Waals surface area (Å²) >= 11 is 0. The van der Waals surface area contributed by atoms with E-state index in [0.717, 1.165) is 4.57 Å². The Hall–Kier alpha value is -2.18. The molecular formula is C11H14N4O3. The SMILES string of the molecule is CC(=O)Cn1c(=O)c2c(nc(C)n2C)n(C)c1=O. The Kier molecular flexibility index (Phi) is 2.68. The Morgan fingerprint density at radius 3 is 2.39 bits per heavy atom. The van der Waals surface area contributed by atoms with Gasteiger partial charge < -0.3 is 4.57 Å². The highest BCUT2D eigenvalue weighted by Gasteiger charge is 2.17. The normalized spacial score (nSPS) is 11.1. The lowest BCUT2D eigenvalue weighted by atomic mass is 10.4. The molecule has 0 unspecified atom stereocenters. The van der Waals surface area contributed by atoms with Crippen LogP contribution in [0, 0.1) is 6.92 Å². The first-order valence-corrected chi connectivity index (χ1v) is 5.47. The van der Waals surface area contributed by atoms with Gasteiger partial charge in [-0.25, -0.2) is 9.78 Å². The molecule has 0 radical (unpaired) electrons. The number of carbonyl (C=O) groups is 1. The van der Waals surface area contributed by atoms with Crippen molar-refractivity contribution in [2.75, 3.05) is 0 Å². The van der Waals surface area contributed by atoms with Gasteiger partial charge in [-0.3, -0.25) is 18.7 Å². The number of carbonyl (C=O) groups excluding carboxylic acids is 1. The Morgan fingerprint density at radius 1 is 1.22 bits per heavy atom. The minimum Gasteiger partial charge on any atom is -0.325 e. The summed E-state index contributed by atoms with van der Waals surface area (Å²) in [5, 5.41) is 0. The van der Waals surface area contributed by atoms with Crippen LogP contribution in [0.1, 0.15) is 12.7 Å². The number of ketones is 1. The molecule has 18 heavy (non-hydrogen) atoms. The third-order valence-electron chi connectivity index (χ3n) is 2.96. The van der Waals surface area contributed by atoms with Crippen molar-refractivity contribution in [3.05, 3.63) is 26.7 Å². The van der Waals surface area contributed by atoms with Gasteiger partial charge in [0.1, 0.15) is 11.6 Å². The van der Waals surface area contributed by atoms with Crippen LogP contribution in [0.25, 0.3) is 11.2 Å². The molecule has 0 aromatic carbocycles. The van der Waals surface area contributed by atoms with E-state index in [4.69, 9.17) is 0 Å². The lowest BCUT2D eigenvalue weighted by Gasteiger charge is -2.06. The highest BCUT2D eigenvalue weighted by Crippen LogP contribution is 2.07. The summed E-state index contributed by atoms with van der Waals surface area (Å²) in [4.78, 5) is 39.5. The smallest absolute Gasteiger partial charge is 0.325 e. The number of fused-ring (bicyclic) bond motifs is 1. The monoisotopic (exact) mass is 250 g/mol. The van der Waals surface area contributed by atoms with E-state index in [1.165, 1.54) is 18.5 Å². The summed E-state index contributed by atoms with van der Waals surface area (Å²) in [6, 6.07) is 0. The van der Waals surface area contributed by atoms with E-state index < -0.39 is 11.2 Å². The Morgan fingerprint density at radius 2 is 1.83 bits per heavy atom. The van der Waals surface area contributed by atoms with Crippen molar-refractivity contribution >= 4 is 16.9 Å². The first kappa shape index (κ1) is 12.3. The number of rotatable bonds is 2. The van der Waals surface area contributed by atoms with Gasteiger partial charge in [0.15, 0.2) is 11.2 Å². The van der Waals surface area contributed by atoms with Crippen LogP contribution in [-0.2, 0) is 25.4 Å². The molecule has 2 aromatic rings. The van der Waals surface area contributed by atoms with Crippen LogP contribution in [-0.4, -0.2) is 24.5 Å². The van der Waals surface area contributed by atoms with Crippen molar-refractivity contribution in [3.63, 3.8) is 0 Å². The van der Waals surface area contributed by atoms with E-state index in [1.807, 2.05) is 0 Å². The summed E-state index contributed by atoms with van der Waals surface area (Å²) in [6.07, 6.45) is 0. The minimum atomic E-state index is -0.527. The Labute approximate surface area is 102 Å². The number of aryl methyl sites for hydroxylation is 3. The third kappa shape index (κ3) is 1.59. The molecule has 0 atom stereocenters. The molecule has 0 spiro atoms. The van der Waals surface area contributed by atoms with E-state index in [0.29, 0.717) is 17.0 Å². The van der Waals surface area contributed by atoms with Gasteiger partial charge >= 0.3 is 5.69 Å². The molecule has 7 heteroatoms. The van der Waals surface area contributed by atoms with Crippen molar-refractivity contribution in [3.8, 4) is 0 Å². The summed E-state index contributed by atoms with van der Waals surface area (Å²) < 4.78 is 3.84. The fourth-order valence-corrected chi connectivity index (χ4v) is 1.91. The lowest BCUT2D eigenvalue weighted by Crippen LogP contribution is -2.40. The molecule has 0 amide bonds. The topological polar surface area (TPSA) is 78.9 Å². The fourth-order valence-electron chi connectivity index (χ4n) is 1.91. The van der Waals surface area contributed by atoms with Crippen LogP contribution in [0.4, 0.5) is 0 Å². The van der Waals surface area contributed by atoms with Gasteiger partial charge in [-0.05, 0) is 13.8 Å². The standard InChI is InChI=1S/C11H14N4O3/c1-6(16)5-15-10(17)8-9(14(4)11(15)18)12-7(2)13(8)3/h5H2,1-4H3. The largest absolute Gasteiger partial charge is 0.332 e. The first-order valence-electron chi connectivity index (χ1n) is 5.47. The molecule has 0 bridgehead atoms. The predicted octanol–water partition coefficient (Wildman–Crippen LogP) is -0.669. The van der Waals surface area contributed by atoms with Crippen molar-refractivity contribution in [2.45, 2.75) is 20.4 Å². The van der Waals surface area contributed by atoms with E-state index >= 15 is 0 Å². The number of hydrogen-bond donors (Lipinski definition) is 0. The van der Waals surface area contributed by atoms with Crippen molar-refractivity contribution in [1.29, 1.82) is 0 Å². The fraction of sp³-hybridized carbons (Fsp3) is 0.455. The van der Waals surface area contributed by atoms with Gasteiger partial charge in [0, 0.05) is 14.1 Å². The summed E-state index contributed by atoms with van der Waals surface area (Å²) in [6.45, 7) is 2.87. The third-order valence-corrected chi connectivity index (χ3v) is 2.96. The predicted molar refractivity (Wildman–Crippen MR) is 65.6 cm³/mol. The molecule has 96 valence electrons. The highest BCUT2D eigenvalue weighted by molar-refractivity contribution is 5.76. The molecule has 2 rings (SSSR count). The van der Waals surface area contributed by atoms with Crippen molar-refractivity contribution in [2.24, 2.45) is 14.1 Å². The Bertz CT molecular complexity index is 763. The van der Waals surface area contributed by atoms with Crippen molar-refractivity contribution < 1.29 is 4.79 Å². The molecule has 0 aliphatic heterocycles. The van der Waals surface area contributed by atoms with Crippen LogP contribution >= 0.6 is 0 Å². The second-order valence-electron chi connectivity index (χ2n) is 4.33. The molecule has 0 saturated carbocycles. The molecular weight excluding hydrogens is 236 g/mol. The van der Waals surface area contributed by atoms with Gasteiger partial charge in [-0.15, -0.1) is 0 Å². The summed E-state index contributed by atoms with van der Waals surface area (Å²) in [5.41, 5.74) is -0.340. The maximum absolute atomic E-state index is 12.2. The first-order chi connectivity index (χ1) is 8.34. The Balaban J connectivity index is 2.98. The molecule has 2 aromatic heterocycles. The number of imidazole rings is 1. The van der Waals surface area contributed by atoms with Gasteiger partial charge in [0.05, 0.1) is 6.54 Å². The number of Topliss-reactive ketones (excluding diaryl/α,β-unsaturated/α-hetero) is 1. The molecule has 0 fully saturated rings. The molecule has 7 nitrogen and oxygen atoms in total. The van der Waals surface area contributed by atoms with Gasteiger partial charge in [0.25, 0.3) is 5.56 Å². The lowest BCUT2D eigenvalue weighted by molar-refractivity contribution is -0.117. The number of aromatic nitrogens is 4. The van der Waals surface area contributed by atoms with Crippen LogP contribution in [0.15, 0.2) is 9.59 Å². The van der Waals surface area contributed by atoms with E-state index in [2.05, 4.69) is 4.98 Å². The van der Waals surface area contributed by atoms with E-state index in [-0.39, 0.29) is 12.3 Å². The zero-order valence-corrected chi connectivity index (χ0v) is 10.7. The number of nitrogens with zero attached hydrogens (tertiary/aromatic N) is 4. The molecule has 0 aliphatic carbocycles. The second-order valence-corrected chi connectivity index (χ2v) is 4.33. The highest BCUT2D eigenvalue weighted by atomic mass is 16.2. The zero-order valence-electron chi connectivity index (χ0n) is 10.7. The van der Waals surface area contributed by atoms with E-state index in [1.54, 1.807) is 18.5 Å². The van der Waals surface area contributed by atoms with Gasteiger partial charge in [-0.1, -0.05) is 0 Å². The quantitative estimate of drug-likeness (QED) is 0.708. The van der Waals surface area contributed by atoms with Crippen LogP contribution in [0.3, 0.4) is 0 Å². The average Bonchev–Trinajstić information content (AvgIpc) is 2.59. The summed E-state index contributed by atoms with van der Waals surface area (Å²) in [7, 11) is 3.24. The molecule has 0 aliphatic rings. The van der Waals surface area contributed by atoms with Crippen LogP contribution in [0.2, 0.25) is 0 Å². The maximum atomic E-state index is 12.2. The minimum absolute atomic E-state index is 0.217. The summed E-state index contributed by atoms with van der Waals surface area (Å²) in [5.74, 6) is 0.394. The van der Waals surface area contributed by atoms with Gasteiger partial charge in [-0.2, -0.15) is 0 Å². The molecule has 0 N–H and O–H groups in total. The van der Waals surface area contributed by atoms with Crippen LogP contribution < -0.4 is 11.2 Å². The van der Waals surface area contributed by atoms with Gasteiger partial charge in [0.2, 0.25) is 0 Å². The van der Waals surface area contributed by atoms with E-state index in [9.17, 15) is 14.4 Å². The average molecular weight is 250 g/mol. The zero-order chi connectivity index (χ0) is 13.6. The van der Waals surface area contributed by atoms with Crippen molar-refractivity contribution in [1.82, 2.24) is 18.7 Å².